The summed E-state index contributed by atoms with van der Waals surface area (Å²) in [5.41, 5.74) is 8.50. The molecule has 0 unspecified atom stereocenters. The second kappa shape index (κ2) is 4.36. The molecule has 0 amide bonds. The first-order valence-corrected chi connectivity index (χ1v) is 3.54. The van der Waals surface area contributed by atoms with Crippen LogP contribution in [-0.2, 0) is 0 Å². The van der Waals surface area contributed by atoms with E-state index in [0.717, 1.165) is 0 Å². The summed E-state index contributed by atoms with van der Waals surface area (Å²) in [6, 6.07) is 8.63. The summed E-state index contributed by atoms with van der Waals surface area (Å²) in [5.74, 6) is 0. The predicted molar refractivity (Wildman–Crippen MR) is 44.3 cm³/mol. The molecule has 0 radical (unpaired) electrons. The summed E-state index contributed by atoms with van der Waals surface area (Å²) >= 11 is 0. The van der Waals surface area contributed by atoms with E-state index in [9.17, 15) is 4.39 Å². The smallest absolute Gasteiger partial charge is 0.131 e. The standard InChI is InChI=1S/C8H8FN3/c9-8(6-11-12-10)7-4-2-1-3-5-7/h1-5,8H,6H2/t8-/m0/s1. The number of halogens is 1. The van der Waals surface area contributed by atoms with Gasteiger partial charge in [0.1, 0.15) is 6.17 Å². The van der Waals surface area contributed by atoms with Crippen LogP contribution in [0.1, 0.15) is 11.7 Å². The Bertz CT molecular complexity index is 280. The van der Waals surface area contributed by atoms with E-state index < -0.39 is 6.17 Å². The first-order valence-electron chi connectivity index (χ1n) is 3.54. The van der Waals surface area contributed by atoms with E-state index in [0.29, 0.717) is 5.56 Å². The monoisotopic (exact) mass is 165 g/mol. The highest BCUT2D eigenvalue weighted by atomic mass is 19.1. The minimum Gasteiger partial charge on any atom is -0.242 e. The lowest BCUT2D eigenvalue weighted by atomic mass is 10.1. The zero-order valence-electron chi connectivity index (χ0n) is 6.39. The highest BCUT2D eigenvalue weighted by Crippen LogP contribution is 2.16. The lowest BCUT2D eigenvalue weighted by Gasteiger charge is -2.02. The first-order chi connectivity index (χ1) is 5.84. The molecular weight excluding hydrogens is 157 g/mol. The molecule has 0 aliphatic carbocycles. The molecule has 12 heavy (non-hydrogen) atoms. The van der Waals surface area contributed by atoms with Gasteiger partial charge in [-0.05, 0) is 11.1 Å². The summed E-state index contributed by atoms with van der Waals surface area (Å²) in [4.78, 5) is 2.49. The largest absolute Gasteiger partial charge is 0.242 e. The zero-order chi connectivity index (χ0) is 8.81. The van der Waals surface area contributed by atoms with Crippen molar-refractivity contribution in [2.45, 2.75) is 6.17 Å². The van der Waals surface area contributed by atoms with Crippen LogP contribution in [0, 0.1) is 0 Å². The van der Waals surface area contributed by atoms with Crippen LogP contribution >= 0.6 is 0 Å². The Morgan fingerprint density at radius 3 is 2.67 bits per heavy atom. The average Bonchev–Trinajstić information content (AvgIpc) is 2.15. The highest BCUT2D eigenvalue weighted by molar-refractivity contribution is 5.17. The number of benzene rings is 1. The van der Waals surface area contributed by atoms with Crippen molar-refractivity contribution in [2.24, 2.45) is 5.11 Å². The minimum absolute atomic E-state index is 0.138. The molecule has 0 saturated heterocycles. The number of azide groups is 1. The molecule has 3 nitrogen and oxygen atoms in total. The SMILES string of the molecule is [N-]=[N+]=NC[C@H](F)c1ccccc1. The van der Waals surface area contributed by atoms with Crippen LogP contribution in [0.5, 0.6) is 0 Å². The Morgan fingerprint density at radius 2 is 2.08 bits per heavy atom. The maximum Gasteiger partial charge on any atom is 0.131 e. The van der Waals surface area contributed by atoms with E-state index in [1.807, 2.05) is 6.07 Å². The third-order valence-corrected chi connectivity index (χ3v) is 1.47. The molecule has 0 heterocycles. The van der Waals surface area contributed by atoms with Crippen LogP contribution in [0.25, 0.3) is 10.4 Å². The van der Waals surface area contributed by atoms with Gasteiger partial charge < -0.3 is 0 Å². The van der Waals surface area contributed by atoms with Gasteiger partial charge in [-0.25, -0.2) is 4.39 Å². The Morgan fingerprint density at radius 1 is 1.42 bits per heavy atom. The maximum atomic E-state index is 13.1. The van der Waals surface area contributed by atoms with E-state index in [4.69, 9.17) is 5.53 Å². The lowest BCUT2D eigenvalue weighted by molar-refractivity contribution is 0.353. The molecule has 0 saturated carbocycles. The summed E-state index contributed by atoms with van der Waals surface area (Å²) in [7, 11) is 0. The molecule has 1 aromatic carbocycles. The lowest BCUT2D eigenvalue weighted by Crippen LogP contribution is -1.93. The molecule has 0 aliphatic rings. The van der Waals surface area contributed by atoms with Crippen molar-refractivity contribution < 1.29 is 4.39 Å². The van der Waals surface area contributed by atoms with Crippen LogP contribution in [-0.4, -0.2) is 6.54 Å². The van der Waals surface area contributed by atoms with Crippen molar-refractivity contribution >= 4 is 0 Å². The van der Waals surface area contributed by atoms with Gasteiger partial charge in [0.25, 0.3) is 0 Å². The van der Waals surface area contributed by atoms with Crippen molar-refractivity contribution in [2.75, 3.05) is 6.54 Å². The Kier molecular flexibility index (Phi) is 3.11. The summed E-state index contributed by atoms with van der Waals surface area (Å²) in [6.07, 6.45) is -1.19. The fraction of sp³-hybridized carbons (Fsp3) is 0.250. The maximum absolute atomic E-state index is 13.1. The van der Waals surface area contributed by atoms with E-state index in [2.05, 4.69) is 10.0 Å². The van der Waals surface area contributed by atoms with Crippen molar-refractivity contribution in [3.63, 3.8) is 0 Å². The van der Waals surface area contributed by atoms with Crippen molar-refractivity contribution in [3.05, 3.63) is 46.3 Å². The first kappa shape index (κ1) is 8.56. The van der Waals surface area contributed by atoms with E-state index in [-0.39, 0.29) is 6.54 Å². The predicted octanol–water partition coefficient (Wildman–Crippen LogP) is 3.01. The van der Waals surface area contributed by atoms with Gasteiger partial charge in [0.15, 0.2) is 0 Å². The topological polar surface area (TPSA) is 48.8 Å². The number of hydrogen-bond donors (Lipinski definition) is 0. The van der Waals surface area contributed by atoms with E-state index >= 15 is 0 Å². The molecule has 0 fully saturated rings. The number of hydrogen-bond acceptors (Lipinski definition) is 1. The zero-order valence-corrected chi connectivity index (χ0v) is 6.39. The summed E-state index contributed by atoms with van der Waals surface area (Å²) in [6.45, 7) is -0.138. The minimum atomic E-state index is -1.19. The molecule has 0 aromatic heterocycles. The van der Waals surface area contributed by atoms with Gasteiger partial charge in [-0.2, -0.15) is 0 Å². The van der Waals surface area contributed by atoms with E-state index in [1.54, 1.807) is 24.3 Å². The molecule has 1 atom stereocenters. The molecule has 0 bridgehead atoms. The third-order valence-electron chi connectivity index (χ3n) is 1.47. The third kappa shape index (κ3) is 2.25. The van der Waals surface area contributed by atoms with Gasteiger partial charge in [0, 0.05) is 4.91 Å². The molecule has 0 N–H and O–H groups in total. The molecule has 0 aliphatic heterocycles. The fourth-order valence-corrected chi connectivity index (χ4v) is 0.875. The van der Waals surface area contributed by atoms with Crippen molar-refractivity contribution in [1.82, 2.24) is 0 Å². The van der Waals surface area contributed by atoms with Gasteiger partial charge >= 0.3 is 0 Å². The normalized spacial score (nSPS) is 11.8. The molecular formula is C8H8FN3. The number of alkyl halides is 1. The molecule has 1 rings (SSSR count). The molecule has 1 aromatic rings. The fourth-order valence-electron chi connectivity index (χ4n) is 0.875. The van der Waals surface area contributed by atoms with Crippen LogP contribution in [0.4, 0.5) is 4.39 Å². The van der Waals surface area contributed by atoms with Crippen LogP contribution in [0.2, 0.25) is 0 Å². The molecule has 4 heteroatoms. The highest BCUT2D eigenvalue weighted by Gasteiger charge is 2.06. The Balaban J connectivity index is 2.65. The number of nitrogens with zero attached hydrogens (tertiary/aromatic N) is 3. The average molecular weight is 165 g/mol. The van der Waals surface area contributed by atoms with E-state index in [1.165, 1.54) is 0 Å². The summed E-state index contributed by atoms with van der Waals surface area (Å²) < 4.78 is 13.1. The van der Waals surface area contributed by atoms with Crippen molar-refractivity contribution in [3.8, 4) is 0 Å². The van der Waals surface area contributed by atoms with Crippen LogP contribution in [0.3, 0.4) is 0 Å². The van der Waals surface area contributed by atoms with Gasteiger partial charge in [0.2, 0.25) is 0 Å². The molecule has 0 spiro atoms. The van der Waals surface area contributed by atoms with Crippen molar-refractivity contribution in [1.29, 1.82) is 0 Å². The second-order valence-electron chi connectivity index (χ2n) is 2.29. The molecule has 62 valence electrons. The van der Waals surface area contributed by atoms with Gasteiger partial charge in [-0.3, -0.25) is 0 Å². The quantitative estimate of drug-likeness (QED) is 0.375. The van der Waals surface area contributed by atoms with Crippen LogP contribution < -0.4 is 0 Å². The second-order valence-corrected chi connectivity index (χ2v) is 2.29. The van der Waals surface area contributed by atoms with Gasteiger partial charge in [-0.15, -0.1) is 0 Å². The summed E-state index contributed by atoms with van der Waals surface area (Å²) in [5, 5.41) is 3.15. The van der Waals surface area contributed by atoms with Gasteiger partial charge in [-0.1, -0.05) is 35.4 Å². The van der Waals surface area contributed by atoms with Gasteiger partial charge in [0.05, 0.1) is 6.54 Å². The van der Waals surface area contributed by atoms with Crippen LogP contribution in [0.15, 0.2) is 35.4 Å². The Labute approximate surface area is 69.5 Å². The Hall–Kier alpha value is -1.54. The number of rotatable bonds is 3.